The Morgan fingerprint density at radius 1 is 0.900 bits per heavy atom. The van der Waals surface area contributed by atoms with Gasteiger partial charge in [-0.25, -0.2) is 0 Å². The highest BCUT2D eigenvalue weighted by Gasteiger charge is 2.22. The van der Waals surface area contributed by atoms with Crippen LogP contribution >= 0.6 is 34.8 Å². The van der Waals surface area contributed by atoms with E-state index in [0.717, 1.165) is 21.9 Å². The summed E-state index contributed by atoms with van der Waals surface area (Å²) < 4.78 is 6.00. The van der Waals surface area contributed by atoms with Crippen LogP contribution in [0.4, 0.5) is 0 Å². The molecule has 0 unspecified atom stereocenters. The van der Waals surface area contributed by atoms with Crippen LogP contribution in [0.25, 0.3) is 21.9 Å². The normalized spacial score (nSPS) is 12.5. The average molecular weight is 328 g/mol. The summed E-state index contributed by atoms with van der Waals surface area (Å²) in [5.41, 5.74) is 2.49. The van der Waals surface area contributed by atoms with E-state index in [1.165, 1.54) is 0 Å². The van der Waals surface area contributed by atoms with E-state index in [2.05, 4.69) is 20.8 Å². The number of hydrogen-bond donors (Lipinski definition) is 0. The smallest absolute Gasteiger partial charge is 0.139 e. The van der Waals surface area contributed by atoms with Gasteiger partial charge in [-0.1, -0.05) is 55.6 Å². The average Bonchev–Trinajstić information content (AvgIpc) is 2.64. The van der Waals surface area contributed by atoms with Crippen molar-refractivity contribution in [3.63, 3.8) is 0 Å². The Hall–Kier alpha value is -0.890. The molecule has 0 saturated heterocycles. The predicted octanol–water partition coefficient (Wildman–Crippen LogP) is 6.84. The zero-order valence-corrected chi connectivity index (χ0v) is 13.6. The summed E-state index contributed by atoms with van der Waals surface area (Å²) in [4.78, 5) is 0. The summed E-state index contributed by atoms with van der Waals surface area (Å²) in [7, 11) is 0. The van der Waals surface area contributed by atoms with Gasteiger partial charge in [0.25, 0.3) is 0 Å². The summed E-state index contributed by atoms with van der Waals surface area (Å²) in [6, 6.07) is 7.33. The van der Waals surface area contributed by atoms with Crippen molar-refractivity contribution in [2.75, 3.05) is 0 Å². The van der Waals surface area contributed by atoms with Gasteiger partial charge in [-0.05, 0) is 23.6 Å². The van der Waals surface area contributed by atoms with Crippen LogP contribution in [0.5, 0.6) is 0 Å². The van der Waals surface area contributed by atoms with Crippen LogP contribution in [0.2, 0.25) is 15.1 Å². The van der Waals surface area contributed by atoms with Gasteiger partial charge in [-0.2, -0.15) is 0 Å². The van der Waals surface area contributed by atoms with E-state index >= 15 is 0 Å². The second-order valence-corrected chi connectivity index (χ2v) is 7.22. The second-order valence-electron chi connectivity index (χ2n) is 5.94. The van der Waals surface area contributed by atoms with Gasteiger partial charge in [-0.3, -0.25) is 0 Å². The first kappa shape index (κ1) is 14.1. The highest BCUT2D eigenvalue weighted by atomic mass is 35.5. The molecule has 104 valence electrons. The Bertz CT molecular complexity index is 825. The van der Waals surface area contributed by atoms with Crippen LogP contribution in [0.1, 0.15) is 26.3 Å². The van der Waals surface area contributed by atoms with Crippen molar-refractivity contribution in [1.29, 1.82) is 0 Å². The molecule has 0 aliphatic heterocycles. The molecule has 3 rings (SSSR count). The third-order valence-corrected chi connectivity index (χ3v) is 4.10. The SMILES string of the molecule is CC(C)(C)c1cc(Cl)cc2c1oc1cc(Cl)cc(Cl)c12. The van der Waals surface area contributed by atoms with Gasteiger partial charge < -0.3 is 4.42 Å². The van der Waals surface area contributed by atoms with E-state index in [1.54, 1.807) is 12.1 Å². The lowest BCUT2D eigenvalue weighted by Gasteiger charge is -2.19. The molecule has 0 spiro atoms. The van der Waals surface area contributed by atoms with Gasteiger partial charge in [0.1, 0.15) is 11.2 Å². The molecule has 1 heterocycles. The third kappa shape index (κ3) is 2.18. The molecule has 0 N–H and O–H groups in total. The summed E-state index contributed by atoms with van der Waals surface area (Å²) in [5.74, 6) is 0. The van der Waals surface area contributed by atoms with Crippen molar-refractivity contribution in [2.24, 2.45) is 0 Å². The highest BCUT2D eigenvalue weighted by Crippen LogP contribution is 2.41. The van der Waals surface area contributed by atoms with E-state index < -0.39 is 0 Å². The minimum Gasteiger partial charge on any atom is -0.456 e. The van der Waals surface area contributed by atoms with Crippen molar-refractivity contribution in [3.05, 3.63) is 44.9 Å². The first-order valence-electron chi connectivity index (χ1n) is 6.28. The summed E-state index contributed by atoms with van der Waals surface area (Å²) in [6.45, 7) is 6.37. The lowest BCUT2D eigenvalue weighted by molar-refractivity contribution is 0.573. The highest BCUT2D eigenvalue weighted by molar-refractivity contribution is 6.40. The Kier molecular flexibility index (Phi) is 3.20. The molecule has 0 bridgehead atoms. The fourth-order valence-corrected chi connectivity index (χ4v) is 3.24. The standard InChI is InChI=1S/C16H13Cl3O/c1-16(2,3)11-5-8(17)4-10-14-12(19)6-9(18)7-13(14)20-15(10)11/h4-7H,1-3H3. The van der Waals surface area contributed by atoms with Crippen molar-refractivity contribution in [3.8, 4) is 0 Å². The van der Waals surface area contributed by atoms with E-state index in [0.29, 0.717) is 20.7 Å². The van der Waals surface area contributed by atoms with E-state index in [4.69, 9.17) is 39.2 Å². The van der Waals surface area contributed by atoms with Crippen LogP contribution in [0.3, 0.4) is 0 Å². The molecule has 0 atom stereocenters. The van der Waals surface area contributed by atoms with Crippen LogP contribution in [0.15, 0.2) is 28.7 Å². The zero-order chi connectivity index (χ0) is 14.7. The molecule has 2 aromatic carbocycles. The fourth-order valence-electron chi connectivity index (χ4n) is 2.45. The van der Waals surface area contributed by atoms with Crippen molar-refractivity contribution in [1.82, 2.24) is 0 Å². The fraction of sp³-hybridized carbons (Fsp3) is 0.250. The molecule has 1 aromatic heterocycles. The van der Waals surface area contributed by atoms with E-state index in [9.17, 15) is 0 Å². The molecule has 0 amide bonds. The van der Waals surface area contributed by atoms with Gasteiger partial charge >= 0.3 is 0 Å². The zero-order valence-electron chi connectivity index (χ0n) is 11.4. The van der Waals surface area contributed by atoms with Gasteiger partial charge in [0.15, 0.2) is 0 Å². The maximum Gasteiger partial charge on any atom is 0.139 e. The number of halogens is 3. The molecular weight excluding hydrogens is 315 g/mol. The molecule has 4 heteroatoms. The lowest BCUT2D eigenvalue weighted by Crippen LogP contribution is -2.11. The molecule has 3 aromatic rings. The van der Waals surface area contributed by atoms with Crippen molar-refractivity contribution in [2.45, 2.75) is 26.2 Å². The number of rotatable bonds is 0. The third-order valence-electron chi connectivity index (χ3n) is 3.36. The van der Waals surface area contributed by atoms with Gasteiger partial charge in [0.05, 0.1) is 5.02 Å². The molecule has 1 nitrogen and oxygen atoms in total. The number of furan rings is 1. The van der Waals surface area contributed by atoms with Crippen LogP contribution in [-0.2, 0) is 5.41 Å². The predicted molar refractivity (Wildman–Crippen MR) is 87.5 cm³/mol. The summed E-state index contributed by atoms with van der Waals surface area (Å²) in [5, 5.41) is 3.60. The van der Waals surface area contributed by atoms with Gasteiger partial charge in [0.2, 0.25) is 0 Å². The molecule has 0 fully saturated rings. The Morgan fingerprint density at radius 3 is 2.20 bits per heavy atom. The topological polar surface area (TPSA) is 13.1 Å². The number of benzene rings is 2. The van der Waals surface area contributed by atoms with Crippen molar-refractivity contribution >= 4 is 56.7 Å². The first-order chi connectivity index (χ1) is 9.27. The molecule has 0 radical (unpaired) electrons. The second kappa shape index (κ2) is 4.56. The van der Waals surface area contributed by atoms with Crippen molar-refractivity contribution < 1.29 is 4.42 Å². The Morgan fingerprint density at radius 2 is 1.55 bits per heavy atom. The maximum absolute atomic E-state index is 6.31. The van der Waals surface area contributed by atoms with Crippen LogP contribution in [-0.4, -0.2) is 0 Å². The summed E-state index contributed by atoms with van der Waals surface area (Å²) >= 11 is 18.6. The Balaban J connectivity index is 2.54. The monoisotopic (exact) mass is 326 g/mol. The van der Waals surface area contributed by atoms with Gasteiger partial charge in [-0.15, -0.1) is 0 Å². The first-order valence-corrected chi connectivity index (χ1v) is 7.42. The maximum atomic E-state index is 6.31. The van der Waals surface area contributed by atoms with Crippen LogP contribution < -0.4 is 0 Å². The largest absolute Gasteiger partial charge is 0.456 e. The number of fused-ring (bicyclic) bond motifs is 3. The van der Waals surface area contributed by atoms with E-state index in [-0.39, 0.29) is 5.41 Å². The summed E-state index contributed by atoms with van der Waals surface area (Å²) in [6.07, 6.45) is 0. The minimum atomic E-state index is -0.0761. The van der Waals surface area contributed by atoms with Gasteiger partial charge in [0, 0.05) is 32.4 Å². The molecule has 0 saturated carbocycles. The quantitative estimate of drug-likeness (QED) is 0.440. The number of hydrogen-bond acceptors (Lipinski definition) is 1. The Labute approximate surface area is 132 Å². The molecule has 0 aliphatic carbocycles. The van der Waals surface area contributed by atoms with E-state index in [1.807, 2.05) is 12.1 Å². The lowest BCUT2D eigenvalue weighted by atomic mass is 9.86. The molecule has 20 heavy (non-hydrogen) atoms. The van der Waals surface area contributed by atoms with Crippen LogP contribution in [0, 0.1) is 0 Å². The minimum absolute atomic E-state index is 0.0761. The molecular formula is C16H13Cl3O. The molecule has 0 aliphatic rings.